The van der Waals surface area contributed by atoms with E-state index in [0.29, 0.717) is 11.3 Å². The Morgan fingerprint density at radius 3 is 2.38 bits per heavy atom. The first-order chi connectivity index (χ1) is 6.20. The molecule has 0 unspecified atom stereocenters. The van der Waals surface area contributed by atoms with Crippen molar-refractivity contribution < 1.29 is 4.79 Å². The van der Waals surface area contributed by atoms with Crippen LogP contribution in [-0.2, 0) is 0 Å². The molecular formula is C10H12N2O. The molecule has 0 aromatic heterocycles. The second-order valence-electron chi connectivity index (χ2n) is 2.73. The average molecular weight is 176 g/mol. The Hall–Kier alpha value is -1.77. The van der Waals surface area contributed by atoms with Crippen molar-refractivity contribution in [2.45, 2.75) is 6.92 Å². The molecule has 68 valence electrons. The Morgan fingerprint density at radius 1 is 1.23 bits per heavy atom. The van der Waals surface area contributed by atoms with Crippen molar-refractivity contribution in [2.75, 3.05) is 0 Å². The summed E-state index contributed by atoms with van der Waals surface area (Å²) in [7, 11) is 0. The van der Waals surface area contributed by atoms with Crippen LogP contribution < -0.4 is 10.9 Å². The summed E-state index contributed by atoms with van der Waals surface area (Å²) in [6.45, 7) is 5.36. The Balaban J connectivity index is 2.54. The molecule has 1 amide bonds. The zero-order valence-corrected chi connectivity index (χ0v) is 7.50. The first-order valence-electron chi connectivity index (χ1n) is 3.97. The van der Waals surface area contributed by atoms with E-state index in [-0.39, 0.29) is 5.91 Å². The number of hydrogen-bond donors (Lipinski definition) is 2. The second-order valence-corrected chi connectivity index (χ2v) is 2.73. The lowest BCUT2D eigenvalue weighted by molar-refractivity contribution is 0.0939. The van der Waals surface area contributed by atoms with Crippen molar-refractivity contribution in [2.24, 2.45) is 0 Å². The molecule has 1 rings (SSSR count). The van der Waals surface area contributed by atoms with Crippen LogP contribution in [0.3, 0.4) is 0 Å². The third-order valence-electron chi connectivity index (χ3n) is 1.43. The molecule has 0 radical (unpaired) electrons. The van der Waals surface area contributed by atoms with Crippen LogP contribution in [0.4, 0.5) is 0 Å². The summed E-state index contributed by atoms with van der Waals surface area (Å²) in [5.41, 5.74) is 6.48. The molecule has 0 atom stereocenters. The smallest absolute Gasteiger partial charge is 0.269 e. The van der Waals surface area contributed by atoms with Gasteiger partial charge in [0.2, 0.25) is 0 Å². The average Bonchev–Trinajstić information content (AvgIpc) is 2.15. The maximum absolute atomic E-state index is 11.3. The van der Waals surface area contributed by atoms with E-state index in [2.05, 4.69) is 17.4 Å². The molecule has 0 spiro atoms. The molecule has 0 saturated carbocycles. The van der Waals surface area contributed by atoms with Gasteiger partial charge in [-0.05, 0) is 19.1 Å². The van der Waals surface area contributed by atoms with E-state index in [0.717, 1.165) is 0 Å². The van der Waals surface area contributed by atoms with Gasteiger partial charge < -0.3 is 5.43 Å². The minimum atomic E-state index is -0.163. The fraction of sp³-hybridized carbons (Fsp3) is 0.100. The number of hydrazine groups is 1. The van der Waals surface area contributed by atoms with Gasteiger partial charge >= 0.3 is 0 Å². The van der Waals surface area contributed by atoms with Gasteiger partial charge in [-0.2, -0.15) is 0 Å². The monoisotopic (exact) mass is 176 g/mol. The zero-order valence-electron chi connectivity index (χ0n) is 7.50. The molecule has 0 bridgehead atoms. The van der Waals surface area contributed by atoms with Crippen LogP contribution in [0.5, 0.6) is 0 Å². The van der Waals surface area contributed by atoms with Crippen LogP contribution in [0.1, 0.15) is 17.3 Å². The minimum absolute atomic E-state index is 0.163. The summed E-state index contributed by atoms with van der Waals surface area (Å²) in [6, 6.07) is 8.99. The highest BCUT2D eigenvalue weighted by Crippen LogP contribution is 1.96. The third-order valence-corrected chi connectivity index (χ3v) is 1.43. The standard InChI is InChI=1S/C10H12N2O/c1-8(2)11-12-10(13)9-6-4-3-5-7-9/h3-7,11H,1H2,2H3,(H,12,13). The molecule has 0 aliphatic carbocycles. The van der Waals surface area contributed by atoms with Crippen LogP contribution in [-0.4, -0.2) is 5.91 Å². The minimum Gasteiger partial charge on any atom is -0.303 e. The van der Waals surface area contributed by atoms with Gasteiger partial charge in [0, 0.05) is 11.3 Å². The first-order valence-corrected chi connectivity index (χ1v) is 3.97. The van der Waals surface area contributed by atoms with Crippen molar-refractivity contribution >= 4 is 5.91 Å². The predicted octanol–water partition coefficient (Wildman–Crippen LogP) is 1.45. The molecule has 0 saturated heterocycles. The number of allylic oxidation sites excluding steroid dienone is 1. The molecule has 3 nitrogen and oxygen atoms in total. The van der Waals surface area contributed by atoms with Crippen LogP contribution in [0.15, 0.2) is 42.6 Å². The van der Waals surface area contributed by atoms with Gasteiger partial charge in [-0.25, -0.2) is 0 Å². The van der Waals surface area contributed by atoms with E-state index < -0.39 is 0 Å². The summed E-state index contributed by atoms with van der Waals surface area (Å²) in [5.74, 6) is -0.163. The second kappa shape index (κ2) is 4.30. The molecule has 13 heavy (non-hydrogen) atoms. The van der Waals surface area contributed by atoms with Crippen LogP contribution in [0, 0.1) is 0 Å². The fourth-order valence-electron chi connectivity index (χ4n) is 0.825. The number of amides is 1. The molecule has 2 N–H and O–H groups in total. The van der Waals surface area contributed by atoms with E-state index in [4.69, 9.17) is 0 Å². The molecule has 0 aliphatic heterocycles. The van der Waals surface area contributed by atoms with E-state index >= 15 is 0 Å². The predicted molar refractivity (Wildman–Crippen MR) is 51.9 cm³/mol. The molecular weight excluding hydrogens is 164 g/mol. The lowest BCUT2D eigenvalue weighted by Gasteiger charge is -2.06. The van der Waals surface area contributed by atoms with E-state index in [1.807, 2.05) is 18.2 Å². The SMILES string of the molecule is C=C(C)NNC(=O)c1ccccc1. The van der Waals surface area contributed by atoms with Crippen LogP contribution in [0.2, 0.25) is 0 Å². The highest BCUT2D eigenvalue weighted by atomic mass is 16.2. The third kappa shape index (κ3) is 2.99. The van der Waals surface area contributed by atoms with Crippen LogP contribution >= 0.6 is 0 Å². The number of carbonyl (C=O) groups is 1. The highest BCUT2D eigenvalue weighted by molar-refractivity contribution is 5.93. The molecule has 0 fully saturated rings. The normalized spacial score (nSPS) is 9.00. The number of nitrogens with one attached hydrogen (secondary N) is 2. The quantitative estimate of drug-likeness (QED) is 0.684. The van der Waals surface area contributed by atoms with Gasteiger partial charge in [-0.1, -0.05) is 24.8 Å². The van der Waals surface area contributed by atoms with Crippen molar-refractivity contribution in [3.8, 4) is 0 Å². The van der Waals surface area contributed by atoms with Gasteiger partial charge in [0.05, 0.1) is 0 Å². The summed E-state index contributed by atoms with van der Waals surface area (Å²) in [4.78, 5) is 11.3. The maximum atomic E-state index is 11.3. The molecule has 1 aromatic carbocycles. The molecule has 3 heteroatoms. The summed E-state index contributed by atoms with van der Waals surface area (Å²) < 4.78 is 0. The number of benzene rings is 1. The molecule has 1 aromatic rings. The Bertz CT molecular complexity index is 306. The van der Waals surface area contributed by atoms with Gasteiger partial charge in [0.25, 0.3) is 5.91 Å². The van der Waals surface area contributed by atoms with E-state index in [1.54, 1.807) is 19.1 Å². The zero-order chi connectivity index (χ0) is 9.68. The van der Waals surface area contributed by atoms with Gasteiger partial charge in [0.1, 0.15) is 0 Å². The summed E-state index contributed by atoms with van der Waals surface area (Å²) in [6.07, 6.45) is 0. The van der Waals surface area contributed by atoms with E-state index in [9.17, 15) is 4.79 Å². The maximum Gasteiger partial charge on any atom is 0.269 e. The van der Waals surface area contributed by atoms with E-state index in [1.165, 1.54) is 0 Å². The largest absolute Gasteiger partial charge is 0.303 e. The van der Waals surface area contributed by atoms with Crippen LogP contribution in [0.25, 0.3) is 0 Å². The number of carbonyl (C=O) groups excluding carboxylic acids is 1. The topological polar surface area (TPSA) is 41.1 Å². The molecule has 0 aliphatic rings. The number of hydrogen-bond acceptors (Lipinski definition) is 2. The van der Waals surface area contributed by atoms with Crippen molar-refractivity contribution in [3.63, 3.8) is 0 Å². The van der Waals surface area contributed by atoms with Gasteiger partial charge in [-0.15, -0.1) is 0 Å². The lowest BCUT2D eigenvalue weighted by atomic mass is 10.2. The fourth-order valence-corrected chi connectivity index (χ4v) is 0.825. The van der Waals surface area contributed by atoms with Gasteiger partial charge in [-0.3, -0.25) is 10.2 Å². The first kappa shape index (κ1) is 9.32. The van der Waals surface area contributed by atoms with Gasteiger partial charge in [0.15, 0.2) is 0 Å². The Labute approximate surface area is 77.4 Å². The highest BCUT2D eigenvalue weighted by Gasteiger charge is 2.01. The summed E-state index contributed by atoms with van der Waals surface area (Å²) in [5, 5.41) is 0. The number of rotatable bonds is 3. The lowest BCUT2D eigenvalue weighted by Crippen LogP contribution is -2.35. The Morgan fingerprint density at radius 2 is 1.85 bits per heavy atom. The Kier molecular flexibility index (Phi) is 3.09. The van der Waals surface area contributed by atoms with Crippen molar-refractivity contribution in [1.29, 1.82) is 0 Å². The molecule has 0 heterocycles. The van der Waals surface area contributed by atoms with Crippen molar-refractivity contribution in [1.82, 2.24) is 10.9 Å². The summed E-state index contributed by atoms with van der Waals surface area (Å²) >= 11 is 0. The van der Waals surface area contributed by atoms with Crippen molar-refractivity contribution in [3.05, 3.63) is 48.2 Å².